The highest BCUT2D eigenvalue weighted by atomic mass is 16.6. The molecule has 1 fully saturated rings. The number of rotatable bonds is 3. The molecule has 102 valence electrons. The number of nitro groups is 1. The van der Waals surface area contributed by atoms with Crippen LogP contribution in [0.5, 0.6) is 0 Å². The van der Waals surface area contributed by atoms with E-state index in [1.165, 1.54) is 6.92 Å². The number of aliphatic hydroxyl groups is 1. The summed E-state index contributed by atoms with van der Waals surface area (Å²) < 4.78 is 0. The smallest absolute Gasteiger partial charge is 0.255 e. The van der Waals surface area contributed by atoms with E-state index in [1.807, 2.05) is 13.0 Å². The van der Waals surface area contributed by atoms with Crippen molar-refractivity contribution in [2.45, 2.75) is 37.8 Å². The van der Waals surface area contributed by atoms with Crippen LogP contribution in [-0.4, -0.2) is 27.5 Å². The highest BCUT2D eigenvalue weighted by Crippen LogP contribution is 2.45. The van der Waals surface area contributed by atoms with Gasteiger partial charge in [-0.2, -0.15) is 0 Å². The molecule has 0 spiro atoms. The van der Waals surface area contributed by atoms with Gasteiger partial charge in [0.25, 0.3) is 6.04 Å². The van der Waals surface area contributed by atoms with Gasteiger partial charge in [-0.05, 0) is 18.9 Å². The van der Waals surface area contributed by atoms with E-state index in [9.17, 15) is 20.0 Å². The molecule has 5 nitrogen and oxygen atoms in total. The first-order valence-corrected chi connectivity index (χ1v) is 6.36. The Morgan fingerprint density at radius 3 is 2.42 bits per heavy atom. The molecule has 1 N–H and O–H groups in total. The van der Waals surface area contributed by atoms with Crippen LogP contribution in [0.25, 0.3) is 0 Å². The predicted octanol–water partition coefficient (Wildman–Crippen LogP) is 1.78. The van der Waals surface area contributed by atoms with Crippen molar-refractivity contribution in [1.29, 1.82) is 0 Å². The van der Waals surface area contributed by atoms with E-state index < -0.39 is 34.2 Å². The Bertz CT molecular complexity index is 497. The number of carbonyl (C=O) groups is 1. The summed E-state index contributed by atoms with van der Waals surface area (Å²) in [6.07, 6.45) is 0.485. The van der Waals surface area contributed by atoms with Gasteiger partial charge in [0.1, 0.15) is 0 Å². The van der Waals surface area contributed by atoms with E-state index in [1.54, 1.807) is 24.3 Å². The molecule has 0 bridgehead atoms. The largest absolute Gasteiger partial charge is 0.376 e. The first-order valence-electron chi connectivity index (χ1n) is 6.36. The van der Waals surface area contributed by atoms with Crippen molar-refractivity contribution in [1.82, 2.24) is 0 Å². The molecule has 0 aliphatic heterocycles. The highest BCUT2D eigenvalue weighted by molar-refractivity contribution is 5.93. The first kappa shape index (κ1) is 13.7. The maximum atomic E-state index is 12.2. The lowest BCUT2D eigenvalue weighted by molar-refractivity contribution is -0.541. The minimum absolute atomic E-state index is 0.425. The molecule has 5 heteroatoms. The normalized spacial score (nSPS) is 34.5. The molecule has 0 unspecified atom stereocenters. The zero-order valence-electron chi connectivity index (χ0n) is 10.9. The molecule has 2 rings (SSSR count). The Morgan fingerprint density at radius 1 is 1.37 bits per heavy atom. The number of Topliss-reactive ketones (excluding diaryl/α,β-unsaturated/α-hetero) is 1. The van der Waals surface area contributed by atoms with Crippen LogP contribution in [0.3, 0.4) is 0 Å². The van der Waals surface area contributed by atoms with Crippen molar-refractivity contribution < 1.29 is 14.8 Å². The molecule has 1 aliphatic rings. The minimum atomic E-state index is -1.90. The molecular formula is C14H17NO4. The van der Waals surface area contributed by atoms with Gasteiger partial charge in [-0.3, -0.25) is 14.9 Å². The summed E-state index contributed by atoms with van der Waals surface area (Å²) in [5, 5.41) is 21.5. The van der Waals surface area contributed by atoms with E-state index in [-0.39, 0.29) is 0 Å². The Hall–Kier alpha value is -1.75. The molecule has 0 amide bonds. The third kappa shape index (κ3) is 2.04. The average Bonchev–Trinajstić information content (AvgIpc) is 2.58. The lowest BCUT2D eigenvalue weighted by Crippen LogP contribution is -2.46. The van der Waals surface area contributed by atoms with Gasteiger partial charge in [0.2, 0.25) is 0 Å². The molecule has 19 heavy (non-hydrogen) atoms. The third-order valence-corrected chi connectivity index (χ3v) is 4.04. The molecule has 4 atom stereocenters. The molecular weight excluding hydrogens is 246 g/mol. The Morgan fingerprint density at radius 2 is 1.95 bits per heavy atom. The quantitative estimate of drug-likeness (QED) is 0.665. The number of carbonyl (C=O) groups excluding carboxylic acids is 1. The standard InChI is InChI=1S/C14H17NO4/c1-3-10-11(9-7-5-4-6-8-9)12(15(18)19)14(2,17)13(10)16/h4-8,10-12,17H,3H2,1-2H3/t10-,11+,12+,14+/m1/s1. The van der Waals surface area contributed by atoms with Crippen molar-refractivity contribution in [2.75, 3.05) is 0 Å². The summed E-state index contributed by atoms with van der Waals surface area (Å²) in [4.78, 5) is 23.0. The van der Waals surface area contributed by atoms with Gasteiger partial charge < -0.3 is 5.11 Å². The van der Waals surface area contributed by atoms with Crippen molar-refractivity contribution in [3.63, 3.8) is 0 Å². The molecule has 1 aliphatic carbocycles. The summed E-state index contributed by atoms with van der Waals surface area (Å²) >= 11 is 0. The topological polar surface area (TPSA) is 80.4 Å². The fourth-order valence-electron chi connectivity index (χ4n) is 3.12. The Kier molecular flexibility index (Phi) is 3.41. The molecule has 1 aromatic rings. The van der Waals surface area contributed by atoms with Crippen LogP contribution < -0.4 is 0 Å². The van der Waals surface area contributed by atoms with Crippen molar-refractivity contribution >= 4 is 5.78 Å². The van der Waals surface area contributed by atoms with Crippen LogP contribution >= 0.6 is 0 Å². The lowest BCUT2D eigenvalue weighted by atomic mass is 9.84. The van der Waals surface area contributed by atoms with Crippen LogP contribution in [0.2, 0.25) is 0 Å². The van der Waals surface area contributed by atoms with Gasteiger partial charge in [0.15, 0.2) is 11.4 Å². The third-order valence-electron chi connectivity index (χ3n) is 4.04. The molecule has 1 saturated carbocycles. The summed E-state index contributed by atoms with van der Waals surface area (Å²) in [5.74, 6) is -1.50. The zero-order valence-corrected chi connectivity index (χ0v) is 10.9. The summed E-state index contributed by atoms with van der Waals surface area (Å²) in [6.45, 7) is 3.07. The van der Waals surface area contributed by atoms with Crippen LogP contribution in [0, 0.1) is 16.0 Å². The van der Waals surface area contributed by atoms with Crippen molar-refractivity contribution in [3.05, 3.63) is 46.0 Å². The molecule has 0 radical (unpaired) electrons. The minimum Gasteiger partial charge on any atom is -0.376 e. The van der Waals surface area contributed by atoms with Crippen molar-refractivity contribution in [3.8, 4) is 0 Å². The molecule has 0 heterocycles. The second-order valence-electron chi connectivity index (χ2n) is 5.19. The fraction of sp³-hybridized carbons (Fsp3) is 0.500. The van der Waals surface area contributed by atoms with Gasteiger partial charge in [-0.15, -0.1) is 0 Å². The Balaban J connectivity index is 2.54. The number of hydrogen-bond acceptors (Lipinski definition) is 4. The molecule has 0 aromatic heterocycles. The predicted molar refractivity (Wildman–Crippen MR) is 69.4 cm³/mol. The number of nitrogens with zero attached hydrogens (tertiary/aromatic N) is 1. The van der Waals surface area contributed by atoms with Gasteiger partial charge in [0, 0.05) is 10.8 Å². The highest BCUT2D eigenvalue weighted by Gasteiger charge is 2.63. The average molecular weight is 263 g/mol. The molecule has 0 saturated heterocycles. The van der Waals surface area contributed by atoms with Crippen LogP contribution in [-0.2, 0) is 4.79 Å². The van der Waals surface area contributed by atoms with E-state index in [4.69, 9.17) is 0 Å². The number of benzene rings is 1. The van der Waals surface area contributed by atoms with Gasteiger partial charge in [-0.25, -0.2) is 0 Å². The first-order chi connectivity index (χ1) is 8.91. The SMILES string of the molecule is CC[C@H]1C(=O)[C@@](C)(O)[C@@H]([N+](=O)[O-])[C@H]1c1ccccc1. The van der Waals surface area contributed by atoms with E-state index in [2.05, 4.69) is 0 Å². The number of hydrogen-bond donors (Lipinski definition) is 1. The second kappa shape index (κ2) is 4.74. The Labute approximate surface area is 111 Å². The van der Waals surface area contributed by atoms with Crippen LogP contribution in [0.4, 0.5) is 0 Å². The molecule has 1 aromatic carbocycles. The van der Waals surface area contributed by atoms with E-state index >= 15 is 0 Å². The van der Waals surface area contributed by atoms with E-state index in [0.717, 1.165) is 5.56 Å². The van der Waals surface area contributed by atoms with Gasteiger partial charge in [-0.1, -0.05) is 37.3 Å². The lowest BCUT2D eigenvalue weighted by Gasteiger charge is -2.21. The van der Waals surface area contributed by atoms with Crippen LogP contribution in [0.15, 0.2) is 30.3 Å². The number of ketones is 1. The summed E-state index contributed by atoms with van der Waals surface area (Å²) in [5.41, 5.74) is -1.16. The maximum absolute atomic E-state index is 12.2. The fourth-order valence-corrected chi connectivity index (χ4v) is 3.12. The second-order valence-corrected chi connectivity index (χ2v) is 5.19. The van der Waals surface area contributed by atoms with E-state index in [0.29, 0.717) is 6.42 Å². The monoisotopic (exact) mass is 263 g/mol. The summed E-state index contributed by atoms with van der Waals surface area (Å²) in [6, 6.07) is 7.66. The summed E-state index contributed by atoms with van der Waals surface area (Å²) in [7, 11) is 0. The van der Waals surface area contributed by atoms with Gasteiger partial charge in [0.05, 0.1) is 5.92 Å². The zero-order chi connectivity index (χ0) is 14.2. The maximum Gasteiger partial charge on any atom is 0.255 e. The van der Waals surface area contributed by atoms with Crippen molar-refractivity contribution in [2.24, 2.45) is 5.92 Å². The van der Waals surface area contributed by atoms with Crippen LogP contribution in [0.1, 0.15) is 31.7 Å². The van der Waals surface area contributed by atoms with Gasteiger partial charge >= 0.3 is 0 Å².